The second kappa shape index (κ2) is 4.61. The highest BCUT2D eigenvalue weighted by Crippen LogP contribution is 2.30. The first-order valence-corrected chi connectivity index (χ1v) is 8.20. The molecule has 0 aliphatic carbocycles. The predicted molar refractivity (Wildman–Crippen MR) is 76.2 cm³/mol. The van der Waals surface area contributed by atoms with Crippen molar-refractivity contribution in [2.75, 3.05) is 0 Å². The summed E-state index contributed by atoms with van der Waals surface area (Å²) in [5, 5.41) is 11.7. The van der Waals surface area contributed by atoms with Crippen LogP contribution in [0.5, 0.6) is 0 Å². The minimum Gasteiger partial charge on any atom is -0.480 e. The summed E-state index contributed by atoms with van der Waals surface area (Å²) < 4.78 is 23.7. The molecule has 1 aromatic heterocycles. The van der Waals surface area contributed by atoms with Crippen LogP contribution in [0.3, 0.4) is 0 Å². The monoisotopic (exact) mass is 298 g/mol. The first-order chi connectivity index (χ1) is 8.75. The molecule has 0 aliphatic heterocycles. The summed E-state index contributed by atoms with van der Waals surface area (Å²) in [6.45, 7) is 2.44. The molecule has 0 spiro atoms. The molecule has 1 aromatic carbocycles. The van der Waals surface area contributed by atoms with Crippen molar-refractivity contribution in [2.24, 2.45) is 0 Å². The molecule has 0 aliphatic rings. The van der Waals surface area contributed by atoms with E-state index in [2.05, 4.69) is 0 Å². The van der Waals surface area contributed by atoms with Crippen LogP contribution in [0.25, 0.3) is 10.1 Å². The highest BCUT2D eigenvalue weighted by molar-refractivity contribution is 7.92. The number of hydrogen-bond acceptors (Lipinski definition) is 4. The second-order valence-corrected chi connectivity index (χ2v) is 8.28. The molecular formula is C13H14O4S2. The summed E-state index contributed by atoms with van der Waals surface area (Å²) in [6, 6.07) is 7.49. The first kappa shape index (κ1) is 14.0. The van der Waals surface area contributed by atoms with E-state index in [1.807, 2.05) is 24.3 Å². The third-order valence-corrected chi connectivity index (χ3v) is 6.63. The lowest BCUT2D eigenvalue weighted by atomic mass is 10.2. The highest BCUT2D eigenvalue weighted by Gasteiger charge is 2.41. The van der Waals surface area contributed by atoms with Crippen LogP contribution >= 0.6 is 11.3 Å². The number of fused-ring (bicyclic) bond motifs is 1. The van der Waals surface area contributed by atoms with E-state index < -0.39 is 20.6 Å². The van der Waals surface area contributed by atoms with Crippen LogP contribution in [0.1, 0.15) is 19.4 Å². The van der Waals surface area contributed by atoms with Crippen molar-refractivity contribution in [3.63, 3.8) is 0 Å². The van der Waals surface area contributed by atoms with Gasteiger partial charge in [0, 0.05) is 4.70 Å². The van der Waals surface area contributed by atoms with Crippen LogP contribution in [-0.2, 0) is 20.4 Å². The number of sulfone groups is 1. The molecule has 2 aromatic rings. The fourth-order valence-electron chi connectivity index (χ4n) is 1.66. The van der Waals surface area contributed by atoms with Crippen LogP contribution in [0, 0.1) is 0 Å². The summed E-state index contributed by atoms with van der Waals surface area (Å²) in [5.74, 6) is -1.58. The minimum absolute atomic E-state index is 0.254. The molecule has 0 bridgehead atoms. The van der Waals surface area contributed by atoms with E-state index in [-0.39, 0.29) is 5.75 Å². The largest absolute Gasteiger partial charge is 0.480 e. The smallest absolute Gasteiger partial charge is 0.324 e. The number of carbonyl (C=O) groups is 1. The Hall–Kier alpha value is -1.40. The van der Waals surface area contributed by atoms with Crippen molar-refractivity contribution >= 4 is 37.2 Å². The third-order valence-electron chi connectivity index (χ3n) is 3.20. The fourth-order valence-corrected chi connectivity index (χ4v) is 4.01. The molecular weight excluding hydrogens is 284 g/mol. The van der Waals surface area contributed by atoms with E-state index in [0.29, 0.717) is 5.56 Å². The van der Waals surface area contributed by atoms with E-state index in [1.54, 1.807) is 5.38 Å². The van der Waals surface area contributed by atoms with Crippen LogP contribution in [0.15, 0.2) is 29.6 Å². The molecule has 0 atom stereocenters. The molecule has 0 saturated carbocycles. The van der Waals surface area contributed by atoms with Crippen LogP contribution in [0.2, 0.25) is 0 Å². The SMILES string of the molecule is CC(C)(C(=O)O)S(=O)(=O)Cc1csc2ccccc12. The van der Waals surface area contributed by atoms with Crippen molar-refractivity contribution in [1.29, 1.82) is 0 Å². The van der Waals surface area contributed by atoms with Gasteiger partial charge in [-0.25, -0.2) is 8.42 Å². The minimum atomic E-state index is -3.77. The van der Waals surface area contributed by atoms with Crippen molar-refractivity contribution in [1.82, 2.24) is 0 Å². The van der Waals surface area contributed by atoms with Crippen molar-refractivity contribution in [3.05, 3.63) is 35.2 Å². The number of benzene rings is 1. The molecule has 4 nitrogen and oxygen atoms in total. The van der Waals surface area contributed by atoms with Crippen molar-refractivity contribution < 1.29 is 18.3 Å². The summed E-state index contributed by atoms with van der Waals surface area (Å²) in [5.41, 5.74) is 0.662. The molecule has 6 heteroatoms. The lowest BCUT2D eigenvalue weighted by Crippen LogP contribution is -2.41. The molecule has 0 saturated heterocycles. The maximum Gasteiger partial charge on any atom is 0.324 e. The lowest BCUT2D eigenvalue weighted by molar-refractivity contribution is -0.139. The van der Waals surface area contributed by atoms with Gasteiger partial charge >= 0.3 is 5.97 Å². The maximum absolute atomic E-state index is 12.2. The fraction of sp³-hybridized carbons (Fsp3) is 0.308. The predicted octanol–water partition coefficient (Wildman–Crippen LogP) is 2.68. The number of thiophene rings is 1. The summed E-state index contributed by atoms with van der Waals surface area (Å²) in [7, 11) is -3.77. The molecule has 1 N–H and O–H groups in total. The molecule has 1 heterocycles. The third kappa shape index (κ3) is 2.37. The molecule has 102 valence electrons. The van der Waals surface area contributed by atoms with E-state index in [9.17, 15) is 13.2 Å². The van der Waals surface area contributed by atoms with Crippen LogP contribution in [0.4, 0.5) is 0 Å². The van der Waals surface area contributed by atoms with Gasteiger partial charge in [0.25, 0.3) is 0 Å². The van der Waals surface area contributed by atoms with Gasteiger partial charge in [-0.05, 0) is 36.2 Å². The topological polar surface area (TPSA) is 71.4 Å². The van der Waals surface area contributed by atoms with Gasteiger partial charge in [0.1, 0.15) is 0 Å². The lowest BCUT2D eigenvalue weighted by Gasteiger charge is -2.19. The Morgan fingerprint density at radius 3 is 2.58 bits per heavy atom. The Labute approximate surface area is 115 Å². The Bertz CT molecular complexity index is 726. The first-order valence-electron chi connectivity index (χ1n) is 5.66. The van der Waals surface area contributed by atoms with E-state index >= 15 is 0 Å². The number of hydrogen-bond donors (Lipinski definition) is 1. The average Bonchev–Trinajstić information content (AvgIpc) is 2.72. The molecule has 0 amide bonds. The quantitative estimate of drug-likeness (QED) is 0.942. The standard InChI is InChI=1S/C13H14O4S2/c1-13(2,12(14)15)19(16,17)8-9-7-18-11-6-4-3-5-10(9)11/h3-7H,8H2,1-2H3,(H,14,15). The number of aliphatic carboxylic acids is 1. The number of carboxylic acid groups (broad SMARTS) is 1. The Morgan fingerprint density at radius 1 is 1.32 bits per heavy atom. The van der Waals surface area contributed by atoms with Gasteiger partial charge in [0.15, 0.2) is 14.6 Å². The second-order valence-electron chi connectivity index (χ2n) is 4.83. The van der Waals surface area contributed by atoms with E-state index in [1.165, 1.54) is 25.2 Å². The van der Waals surface area contributed by atoms with E-state index in [4.69, 9.17) is 5.11 Å². The molecule has 0 unspecified atom stereocenters. The Morgan fingerprint density at radius 2 is 1.95 bits per heavy atom. The molecule has 0 fully saturated rings. The van der Waals surface area contributed by atoms with Crippen LogP contribution < -0.4 is 0 Å². The normalized spacial score (nSPS) is 12.7. The van der Waals surface area contributed by atoms with Crippen LogP contribution in [-0.4, -0.2) is 24.2 Å². The van der Waals surface area contributed by atoms with E-state index in [0.717, 1.165) is 10.1 Å². The average molecular weight is 298 g/mol. The highest BCUT2D eigenvalue weighted by atomic mass is 32.2. The molecule has 2 rings (SSSR count). The zero-order chi connectivity index (χ0) is 14.3. The zero-order valence-corrected chi connectivity index (χ0v) is 12.2. The zero-order valence-electron chi connectivity index (χ0n) is 10.6. The summed E-state index contributed by atoms with van der Waals surface area (Å²) in [4.78, 5) is 11.1. The summed E-state index contributed by atoms with van der Waals surface area (Å²) >= 11 is 1.46. The molecule has 19 heavy (non-hydrogen) atoms. The Balaban J connectivity index is 2.44. The summed E-state index contributed by atoms with van der Waals surface area (Å²) in [6.07, 6.45) is 0. The van der Waals surface area contributed by atoms with Gasteiger partial charge in [0.05, 0.1) is 5.75 Å². The number of rotatable bonds is 4. The Kier molecular flexibility index (Phi) is 3.40. The van der Waals surface area contributed by atoms with Gasteiger partial charge in [-0.3, -0.25) is 4.79 Å². The van der Waals surface area contributed by atoms with Crippen molar-refractivity contribution in [3.8, 4) is 0 Å². The van der Waals surface area contributed by atoms with Crippen molar-refractivity contribution in [2.45, 2.75) is 24.3 Å². The van der Waals surface area contributed by atoms with Gasteiger partial charge in [-0.15, -0.1) is 11.3 Å². The molecule has 0 radical (unpaired) electrons. The maximum atomic E-state index is 12.2. The van der Waals surface area contributed by atoms with Gasteiger partial charge in [-0.2, -0.15) is 0 Å². The van der Waals surface area contributed by atoms with Gasteiger partial charge in [0.2, 0.25) is 0 Å². The van der Waals surface area contributed by atoms with Gasteiger partial charge in [-0.1, -0.05) is 18.2 Å². The number of carboxylic acids is 1. The van der Waals surface area contributed by atoms with Gasteiger partial charge < -0.3 is 5.11 Å².